The molecular formula is C9H11F3N2OS. The van der Waals surface area contributed by atoms with Gasteiger partial charge in [-0.25, -0.2) is 4.98 Å². The first-order valence-electron chi connectivity index (χ1n) is 4.46. The second-order valence-electron chi connectivity index (χ2n) is 2.81. The van der Waals surface area contributed by atoms with Crippen LogP contribution in [0.2, 0.25) is 0 Å². The lowest BCUT2D eigenvalue weighted by Crippen LogP contribution is -2.09. The predicted molar refractivity (Wildman–Crippen MR) is 57.8 cm³/mol. The second-order valence-corrected chi connectivity index (χ2v) is 3.97. The van der Waals surface area contributed by atoms with Gasteiger partial charge >= 0.3 is 5.51 Å². The van der Waals surface area contributed by atoms with Crippen LogP contribution in [0.25, 0.3) is 0 Å². The van der Waals surface area contributed by atoms with Gasteiger partial charge in [0, 0.05) is 30.2 Å². The molecule has 0 radical (unpaired) electrons. The number of nitrogens with zero attached hydrogens (tertiary/aromatic N) is 1. The Morgan fingerprint density at radius 3 is 2.88 bits per heavy atom. The van der Waals surface area contributed by atoms with E-state index in [1.807, 2.05) is 0 Å². The minimum absolute atomic E-state index is 0.0336. The Balaban J connectivity index is 2.32. The van der Waals surface area contributed by atoms with Gasteiger partial charge in [0.05, 0.1) is 7.11 Å². The zero-order chi connectivity index (χ0) is 12.0. The number of rotatable bonds is 5. The summed E-state index contributed by atoms with van der Waals surface area (Å²) in [6, 6.07) is 3.29. The molecule has 0 saturated carbocycles. The van der Waals surface area contributed by atoms with Gasteiger partial charge in [-0.1, -0.05) is 0 Å². The van der Waals surface area contributed by atoms with Crippen LogP contribution < -0.4 is 10.1 Å². The first kappa shape index (κ1) is 13.0. The molecule has 1 N–H and O–H groups in total. The standard InChI is InChI=1S/C9H11F3N2OS/c1-15-8-6-7(2-3-14-8)13-4-5-16-9(10,11)12/h2-3,6H,4-5H2,1H3,(H,13,14). The van der Waals surface area contributed by atoms with Crippen molar-refractivity contribution in [3.8, 4) is 5.88 Å². The zero-order valence-electron chi connectivity index (χ0n) is 8.54. The highest BCUT2D eigenvalue weighted by molar-refractivity contribution is 8.00. The average Bonchev–Trinajstić information content (AvgIpc) is 2.23. The molecule has 0 aliphatic heterocycles. The fourth-order valence-electron chi connectivity index (χ4n) is 0.993. The lowest BCUT2D eigenvalue weighted by Gasteiger charge is -2.08. The number of ether oxygens (including phenoxy) is 1. The van der Waals surface area contributed by atoms with E-state index in [9.17, 15) is 13.2 Å². The van der Waals surface area contributed by atoms with Gasteiger partial charge in [0.15, 0.2) is 0 Å². The van der Waals surface area contributed by atoms with Gasteiger partial charge in [-0.15, -0.1) is 0 Å². The summed E-state index contributed by atoms with van der Waals surface area (Å²) in [5, 5.41) is 2.85. The number of nitrogens with one attached hydrogen (secondary N) is 1. The first-order valence-corrected chi connectivity index (χ1v) is 5.44. The van der Waals surface area contributed by atoms with Crippen LogP contribution in [0.15, 0.2) is 18.3 Å². The fourth-order valence-corrected chi connectivity index (χ4v) is 1.43. The SMILES string of the molecule is COc1cc(NCCSC(F)(F)F)ccn1. The maximum atomic E-state index is 11.8. The summed E-state index contributed by atoms with van der Waals surface area (Å²) in [7, 11) is 1.48. The van der Waals surface area contributed by atoms with Crippen LogP contribution in [-0.2, 0) is 0 Å². The van der Waals surface area contributed by atoms with Crippen molar-refractivity contribution in [3.63, 3.8) is 0 Å². The summed E-state index contributed by atoms with van der Waals surface area (Å²) in [6.07, 6.45) is 1.53. The zero-order valence-corrected chi connectivity index (χ0v) is 9.36. The number of methoxy groups -OCH3 is 1. The number of thioether (sulfide) groups is 1. The van der Waals surface area contributed by atoms with E-state index in [0.29, 0.717) is 11.6 Å². The monoisotopic (exact) mass is 252 g/mol. The largest absolute Gasteiger partial charge is 0.481 e. The van der Waals surface area contributed by atoms with Gasteiger partial charge < -0.3 is 10.1 Å². The van der Waals surface area contributed by atoms with Gasteiger partial charge in [-0.05, 0) is 17.8 Å². The van der Waals surface area contributed by atoms with E-state index in [2.05, 4.69) is 10.3 Å². The number of anilines is 1. The van der Waals surface area contributed by atoms with Crippen molar-refractivity contribution in [1.82, 2.24) is 4.98 Å². The highest BCUT2D eigenvalue weighted by Crippen LogP contribution is 2.29. The van der Waals surface area contributed by atoms with Crippen LogP contribution in [0.5, 0.6) is 5.88 Å². The van der Waals surface area contributed by atoms with E-state index in [1.165, 1.54) is 13.3 Å². The molecule has 16 heavy (non-hydrogen) atoms. The van der Waals surface area contributed by atoms with Crippen molar-refractivity contribution >= 4 is 17.4 Å². The summed E-state index contributed by atoms with van der Waals surface area (Å²) in [4.78, 5) is 3.88. The Hall–Kier alpha value is -1.11. The third-order valence-electron chi connectivity index (χ3n) is 1.64. The summed E-state index contributed by atoms with van der Waals surface area (Å²) >= 11 is -0.0466. The van der Waals surface area contributed by atoms with Crippen LogP contribution >= 0.6 is 11.8 Å². The smallest absolute Gasteiger partial charge is 0.441 e. The molecule has 0 saturated heterocycles. The number of hydrogen-bond donors (Lipinski definition) is 1. The third kappa shape index (κ3) is 5.11. The molecule has 0 aliphatic rings. The Kier molecular flexibility index (Phi) is 4.72. The molecule has 0 bridgehead atoms. The van der Waals surface area contributed by atoms with E-state index >= 15 is 0 Å². The number of hydrogen-bond acceptors (Lipinski definition) is 4. The molecular weight excluding hydrogens is 241 g/mol. The molecule has 0 atom stereocenters. The molecule has 0 unspecified atom stereocenters. The molecule has 1 rings (SSSR count). The molecule has 0 aliphatic carbocycles. The Morgan fingerprint density at radius 2 is 2.25 bits per heavy atom. The van der Waals surface area contributed by atoms with Crippen LogP contribution in [0, 0.1) is 0 Å². The van der Waals surface area contributed by atoms with Crippen LogP contribution in [0.1, 0.15) is 0 Å². The van der Waals surface area contributed by atoms with E-state index in [0.717, 1.165) is 0 Å². The quantitative estimate of drug-likeness (QED) is 0.817. The van der Waals surface area contributed by atoms with Crippen molar-refractivity contribution in [3.05, 3.63) is 18.3 Å². The maximum Gasteiger partial charge on any atom is 0.441 e. The van der Waals surface area contributed by atoms with E-state index < -0.39 is 5.51 Å². The molecule has 90 valence electrons. The Bertz CT molecular complexity index is 333. The van der Waals surface area contributed by atoms with Crippen molar-refractivity contribution < 1.29 is 17.9 Å². The molecule has 0 fully saturated rings. The van der Waals surface area contributed by atoms with Crippen molar-refractivity contribution in [1.29, 1.82) is 0 Å². The van der Waals surface area contributed by atoms with Gasteiger partial charge in [-0.2, -0.15) is 13.2 Å². The van der Waals surface area contributed by atoms with E-state index in [1.54, 1.807) is 12.1 Å². The summed E-state index contributed by atoms with van der Waals surface area (Å²) in [5.74, 6) is 0.391. The molecule has 1 aromatic rings. The van der Waals surface area contributed by atoms with Crippen LogP contribution in [-0.4, -0.2) is 29.9 Å². The Morgan fingerprint density at radius 1 is 1.50 bits per heavy atom. The predicted octanol–water partition coefficient (Wildman–Crippen LogP) is 2.76. The molecule has 0 amide bonds. The molecule has 1 heterocycles. The van der Waals surface area contributed by atoms with Gasteiger partial charge in [0.1, 0.15) is 0 Å². The number of pyridine rings is 1. The number of halogens is 3. The van der Waals surface area contributed by atoms with Gasteiger partial charge in [0.2, 0.25) is 5.88 Å². The highest BCUT2D eigenvalue weighted by atomic mass is 32.2. The summed E-state index contributed by atoms with van der Waals surface area (Å²) in [5.41, 5.74) is -3.48. The van der Waals surface area contributed by atoms with Gasteiger partial charge in [0.25, 0.3) is 0 Å². The molecule has 0 spiro atoms. The normalized spacial score (nSPS) is 11.2. The molecule has 0 aromatic carbocycles. The van der Waals surface area contributed by atoms with Crippen molar-refractivity contribution in [2.75, 3.05) is 24.7 Å². The van der Waals surface area contributed by atoms with Crippen molar-refractivity contribution in [2.24, 2.45) is 0 Å². The topological polar surface area (TPSA) is 34.1 Å². The van der Waals surface area contributed by atoms with Crippen LogP contribution in [0.4, 0.5) is 18.9 Å². The molecule has 7 heteroatoms. The first-order chi connectivity index (χ1) is 7.51. The Labute approximate surface area is 95.4 Å². The summed E-state index contributed by atoms with van der Waals surface area (Å²) < 4.78 is 40.3. The number of alkyl halides is 3. The van der Waals surface area contributed by atoms with E-state index in [4.69, 9.17) is 4.74 Å². The fraction of sp³-hybridized carbons (Fsp3) is 0.444. The molecule has 1 aromatic heterocycles. The minimum Gasteiger partial charge on any atom is -0.481 e. The van der Waals surface area contributed by atoms with Crippen molar-refractivity contribution in [2.45, 2.75) is 5.51 Å². The lowest BCUT2D eigenvalue weighted by atomic mass is 10.4. The van der Waals surface area contributed by atoms with Gasteiger partial charge in [-0.3, -0.25) is 0 Å². The minimum atomic E-state index is -4.17. The molecule has 3 nitrogen and oxygen atoms in total. The number of aromatic nitrogens is 1. The van der Waals surface area contributed by atoms with E-state index in [-0.39, 0.29) is 24.1 Å². The maximum absolute atomic E-state index is 11.8. The summed E-state index contributed by atoms with van der Waals surface area (Å²) in [6.45, 7) is 0.233. The lowest BCUT2D eigenvalue weighted by molar-refractivity contribution is -0.0327. The highest BCUT2D eigenvalue weighted by Gasteiger charge is 2.27. The van der Waals surface area contributed by atoms with Crippen LogP contribution in [0.3, 0.4) is 0 Å². The second kappa shape index (κ2) is 5.83. The third-order valence-corrected chi connectivity index (χ3v) is 2.38. The average molecular weight is 252 g/mol.